The number of carboxylic acid groups (broad SMARTS) is 1. The van der Waals surface area contributed by atoms with E-state index < -0.39 is 17.6 Å². The molecule has 2 nitrogen and oxygen atoms in total. The Bertz CT molecular complexity index is 338. The van der Waals surface area contributed by atoms with Crippen molar-refractivity contribution in [1.82, 2.24) is 0 Å². The SMILES string of the molecule is O=C([O-])/C=C/c1c(F)cccc1F. The molecule has 0 bridgehead atoms. The quantitative estimate of drug-likeness (QED) is 0.634. The standard InChI is InChI=1S/C9H6F2O2/c10-7-2-1-3-8(11)6(7)4-5-9(12)13/h1-5H,(H,12,13)/p-1/b5-4+. The van der Waals surface area contributed by atoms with Crippen LogP contribution in [-0.2, 0) is 4.79 Å². The van der Waals surface area contributed by atoms with E-state index in [0.29, 0.717) is 6.08 Å². The van der Waals surface area contributed by atoms with Crippen LogP contribution in [0.3, 0.4) is 0 Å². The second-order valence-corrected chi connectivity index (χ2v) is 2.29. The molecule has 0 unspecified atom stereocenters. The Balaban J connectivity index is 3.06. The molecular weight excluding hydrogens is 178 g/mol. The van der Waals surface area contributed by atoms with E-state index in [1.165, 1.54) is 6.07 Å². The second-order valence-electron chi connectivity index (χ2n) is 2.29. The van der Waals surface area contributed by atoms with E-state index in [1.54, 1.807) is 0 Å². The van der Waals surface area contributed by atoms with Crippen molar-refractivity contribution in [3.8, 4) is 0 Å². The minimum Gasteiger partial charge on any atom is -0.545 e. The average molecular weight is 183 g/mol. The first-order valence-electron chi connectivity index (χ1n) is 3.44. The molecule has 0 saturated carbocycles. The van der Waals surface area contributed by atoms with Crippen LogP contribution < -0.4 is 5.11 Å². The van der Waals surface area contributed by atoms with E-state index in [2.05, 4.69) is 0 Å². The van der Waals surface area contributed by atoms with E-state index in [1.807, 2.05) is 0 Å². The van der Waals surface area contributed by atoms with Crippen LogP contribution in [0.25, 0.3) is 6.08 Å². The van der Waals surface area contributed by atoms with Crippen LogP contribution in [-0.4, -0.2) is 5.97 Å². The van der Waals surface area contributed by atoms with E-state index in [-0.39, 0.29) is 5.56 Å². The molecule has 0 fully saturated rings. The number of carbonyl (C=O) groups is 1. The molecule has 0 saturated heterocycles. The molecule has 0 aliphatic heterocycles. The summed E-state index contributed by atoms with van der Waals surface area (Å²) < 4.78 is 25.6. The summed E-state index contributed by atoms with van der Waals surface area (Å²) in [6.45, 7) is 0. The van der Waals surface area contributed by atoms with Gasteiger partial charge in [0.1, 0.15) is 11.6 Å². The molecule has 0 atom stereocenters. The molecule has 0 aliphatic rings. The monoisotopic (exact) mass is 183 g/mol. The molecule has 4 heteroatoms. The van der Waals surface area contributed by atoms with Crippen molar-refractivity contribution in [1.29, 1.82) is 0 Å². The zero-order chi connectivity index (χ0) is 9.84. The number of carboxylic acids is 1. The summed E-state index contributed by atoms with van der Waals surface area (Å²) >= 11 is 0. The fourth-order valence-corrected chi connectivity index (χ4v) is 0.821. The highest BCUT2D eigenvalue weighted by atomic mass is 19.1. The molecule has 0 radical (unpaired) electrons. The van der Waals surface area contributed by atoms with Gasteiger partial charge in [-0.3, -0.25) is 0 Å². The van der Waals surface area contributed by atoms with Crippen molar-refractivity contribution in [2.75, 3.05) is 0 Å². The Labute approximate surface area is 73.1 Å². The van der Waals surface area contributed by atoms with E-state index in [9.17, 15) is 18.7 Å². The number of hydrogen-bond donors (Lipinski definition) is 0. The topological polar surface area (TPSA) is 40.1 Å². The van der Waals surface area contributed by atoms with Gasteiger partial charge in [-0.05, 0) is 24.3 Å². The fourth-order valence-electron chi connectivity index (χ4n) is 0.821. The zero-order valence-corrected chi connectivity index (χ0v) is 6.46. The molecule has 1 aromatic rings. The van der Waals surface area contributed by atoms with Gasteiger partial charge in [0, 0.05) is 5.56 Å². The highest BCUT2D eigenvalue weighted by Gasteiger charge is 2.03. The first-order chi connectivity index (χ1) is 6.11. The van der Waals surface area contributed by atoms with Crippen LogP contribution in [0, 0.1) is 11.6 Å². The molecule has 0 aliphatic carbocycles. The van der Waals surface area contributed by atoms with E-state index in [4.69, 9.17) is 0 Å². The Morgan fingerprint density at radius 3 is 2.31 bits per heavy atom. The summed E-state index contributed by atoms with van der Waals surface area (Å²) in [4.78, 5) is 9.95. The summed E-state index contributed by atoms with van der Waals surface area (Å²) in [7, 11) is 0. The van der Waals surface area contributed by atoms with Gasteiger partial charge in [-0.25, -0.2) is 8.78 Å². The Morgan fingerprint density at radius 1 is 1.31 bits per heavy atom. The van der Waals surface area contributed by atoms with Crippen molar-refractivity contribution >= 4 is 12.0 Å². The largest absolute Gasteiger partial charge is 0.545 e. The fraction of sp³-hybridized carbons (Fsp3) is 0. The molecule has 0 amide bonds. The van der Waals surface area contributed by atoms with Crippen LogP contribution in [0.4, 0.5) is 8.78 Å². The maximum atomic E-state index is 12.8. The number of benzene rings is 1. The first kappa shape index (κ1) is 9.38. The smallest absolute Gasteiger partial charge is 0.133 e. The number of hydrogen-bond acceptors (Lipinski definition) is 2. The van der Waals surface area contributed by atoms with E-state index in [0.717, 1.165) is 18.2 Å². The van der Waals surface area contributed by atoms with Crippen LogP contribution in [0.1, 0.15) is 5.56 Å². The van der Waals surface area contributed by atoms with Crippen LogP contribution in [0.15, 0.2) is 24.3 Å². The van der Waals surface area contributed by atoms with Gasteiger partial charge in [-0.15, -0.1) is 0 Å². The van der Waals surface area contributed by atoms with Gasteiger partial charge in [0.05, 0.1) is 5.97 Å². The molecule has 0 heterocycles. The molecule has 13 heavy (non-hydrogen) atoms. The van der Waals surface area contributed by atoms with Gasteiger partial charge in [0.25, 0.3) is 0 Å². The van der Waals surface area contributed by atoms with E-state index >= 15 is 0 Å². The minimum absolute atomic E-state index is 0.383. The lowest BCUT2D eigenvalue weighted by molar-refractivity contribution is -0.297. The maximum absolute atomic E-state index is 12.8. The lowest BCUT2D eigenvalue weighted by atomic mass is 10.2. The molecule has 1 aromatic carbocycles. The van der Waals surface area contributed by atoms with Crippen molar-refractivity contribution in [3.63, 3.8) is 0 Å². The zero-order valence-electron chi connectivity index (χ0n) is 6.46. The summed E-state index contributed by atoms with van der Waals surface area (Å²) in [5, 5.41) is 9.95. The van der Waals surface area contributed by atoms with Gasteiger partial charge in [-0.2, -0.15) is 0 Å². The predicted molar refractivity (Wildman–Crippen MR) is 40.4 cm³/mol. The third kappa shape index (κ3) is 2.37. The van der Waals surface area contributed by atoms with Crippen molar-refractivity contribution in [2.24, 2.45) is 0 Å². The van der Waals surface area contributed by atoms with Gasteiger partial charge in [-0.1, -0.05) is 6.07 Å². The van der Waals surface area contributed by atoms with Gasteiger partial charge in [0.15, 0.2) is 0 Å². The minimum atomic E-state index is -1.50. The third-order valence-corrected chi connectivity index (χ3v) is 1.39. The summed E-state index contributed by atoms with van der Waals surface area (Å²) in [6.07, 6.45) is 1.39. The highest BCUT2D eigenvalue weighted by molar-refractivity contribution is 5.83. The van der Waals surface area contributed by atoms with Crippen LogP contribution >= 0.6 is 0 Å². The lowest BCUT2D eigenvalue weighted by Crippen LogP contribution is -2.18. The van der Waals surface area contributed by atoms with Gasteiger partial charge < -0.3 is 9.90 Å². The third-order valence-electron chi connectivity index (χ3n) is 1.39. The number of carbonyl (C=O) groups excluding carboxylic acids is 1. The summed E-state index contributed by atoms with van der Waals surface area (Å²) in [5.74, 6) is -3.11. The number of rotatable bonds is 2. The Morgan fingerprint density at radius 2 is 1.85 bits per heavy atom. The maximum Gasteiger partial charge on any atom is 0.133 e. The summed E-state index contributed by atoms with van der Waals surface area (Å²) in [6, 6.07) is 3.27. The van der Waals surface area contributed by atoms with Crippen LogP contribution in [0.2, 0.25) is 0 Å². The molecule has 0 N–H and O–H groups in total. The number of aliphatic carboxylic acids is 1. The molecule has 0 spiro atoms. The molecule has 68 valence electrons. The lowest BCUT2D eigenvalue weighted by Gasteiger charge is -1.98. The molecule has 0 aromatic heterocycles. The Hall–Kier alpha value is -1.71. The normalized spacial score (nSPS) is 10.6. The summed E-state index contributed by atoms with van der Waals surface area (Å²) in [5.41, 5.74) is -0.383. The highest BCUT2D eigenvalue weighted by Crippen LogP contribution is 2.13. The molecular formula is C9H5F2O2-. The molecule has 1 rings (SSSR count). The van der Waals surface area contributed by atoms with Gasteiger partial charge >= 0.3 is 0 Å². The number of halogens is 2. The Kier molecular flexibility index (Phi) is 2.74. The first-order valence-corrected chi connectivity index (χ1v) is 3.44. The average Bonchev–Trinajstić information content (AvgIpc) is 2.03. The van der Waals surface area contributed by atoms with Crippen molar-refractivity contribution in [2.45, 2.75) is 0 Å². The van der Waals surface area contributed by atoms with Crippen LogP contribution in [0.5, 0.6) is 0 Å². The van der Waals surface area contributed by atoms with Crippen molar-refractivity contribution < 1.29 is 18.7 Å². The van der Waals surface area contributed by atoms with Crippen molar-refractivity contribution in [3.05, 3.63) is 41.5 Å². The van der Waals surface area contributed by atoms with Gasteiger partial charge in [0.2, 0.25) is 0 Å². The predicted octanol–water partition coefficient (Wildman–Crippen LogP) is 0.728. The second kappa shape index (κ2) is 3.80.